The SMILES string of the molecule is C/C=C(\I)CN1CC[C@@]23c4ccccc4N4C(=O)[C@@H](C)O[C@@](OC)(CC[C@H]12)[C@H]43. The molecule has 0 bridgehead atoms. The first-order chi connectivity index (χ1) is 13.5. The standard InChI is InChI=1S/C22H27IN2O3/c1-4-15(23)13-24-12-11-21-16-7-5-6-8-17(16)25-19(26)14(2)28-22(27-3,20(21)25)10-9-18(21)24/h4-8,14,18,20H,9-13H2,1-3H3/b15-4-/t14-,18+,20-,21-,22+/m1/s1. The van der Waals surface area contributed by atoms with E-state index in [0.717, 1.165) is 38.0 Å². The Hall–Kier alpha value is -0.960. The molecular weight excluding hydrogens is 467 g/mol. The van der Waals surface area contributed by atoms with Gasteiger partial charge in [-0.05, 0) is 67.5 Å². The number of carbonyl (C=O) groups is 1. The number of ether oxygens (including phenoxy) is 2. The van der Waals surface area contributed by atoms with Gasteiger partial charge in [0, 0.05) is 40.8 Å². The van der Waals surface area contributed by atoms with Gasteiger partial charge in [0.15, 0.2) is 5.79 Å². The fourth-order valence-corrected chi connectivity index (χ4v) is 6.80. The van der Waals surface area contributed by atoms with Crippen molar-refractivity contribution in [2.75, 3.05) is 25.1 Å². The zero-order valence-corrected chi connectivity index (χ0v) is 18.8. The second-order valence-electron chi connectivity index (χ2n) is 8.45. The molecule has 6 heteroatoms. The lowest BCUT2D eigenvalue weighted by molar-refractivity contribution is -0.285. The summed E-state index contributed by atoms with van der Waals surface area (Å²) in [5.74, 6) is -0.670. The van der Waals surface area contributed by atoms with Gasteiger partial charge in [-0.1, -0.05) is 24.3 Å². The quantitative estimate of drug-likeness (QED) is 0.603. The van der Waals surface area contributed by atoms with Crippen LogP contribution in [0.5, 0.6) is 0 Å². The Kier molecular flexibility index (Phi) is 4.43. The summed E-state index contributed by atoms with van der Waals surface area (Å²) in [6.45, 7) is 5.97. The summed E-state index contributed by atoms with van der Waals surface area (Å²) in [6.07, 6.45) is 4.56. The molecule has 1 aromatic rings. The molecule has 5 atom stereocenters. The Balaban J connectivity index is 1.69. The summed E-state index contributed by atoms with van der Waals surface area (Å²) in [6, 6.07) is 8.78. The van der Waals surface area contributed by atoms with Crippen molar-refractivity contribution in [3.05, 3.63) is 39.5 Å². The third-order valence-electron chi connectivity index (χ3n) is 7.42. The minimum absolute atomic E-state index is 0.0594. The Bertz CT molecular complexity index is 858. The Morgan fingerprint density at radius 1 is 1.39 bits per heavy atom. The third kappa shape index (κ3) is 2.26. The topological polar surface area (TPSA) is 42.0 Å². The number of nitrogens with zero attached hydrogens (tertiary/aromatic N) is 2. The van der Waals surface area contributed by atoms with Gasteiger partial charge in [-0.15, -0.1) is 0 Å². The lowest BCUT2D eigenvalue weighted by Gasteiger charge is -2.57. The van der Waals surface area contributed by atoms with Crippen LogP contribution >= 0.6 is 22.6 Å². The van der Waals surface area contributed by atoms with Crippen molar-refractivity contribution in [3.63, 3.8) is 0 Å². The van der Waals surface area contributed by atoms with E-state index in [1.165, 1.54) is 9.14 Å². The van der Waals surface area contributed by atoms with Gasteiger partial charge in [-0.2, -0.15) is 0 Å². The zero-order chi connectivity index (χ0) is 19.7. The number of para-hydroxylation sites is 1. The number of halogens is 1. The Labute approximate surface area is 180 Å². The first kappa shape index (κ1) is 19.0. The highest BCUT2D eigenvalue weighted by atomic mass is 127. The molecule has 1 spiro atoms. The van der Waals surface area contributed by atoms with Gasteiger partial charge in [0.2, 0.25) is 0 Å². The molecule has 0 aromatic heterocycles. The number of anilines is 1. The number of benzene rings is 1. The molecule has 3 heterocycles. The van der Waals surface area contributed by atoms with Crippen molar-refractivity contribution in [2.24, 2.45) is 0 Å². The van der Waals surface area contributed by atoms with Crippen molar-refractivity contribution in [2.45, 2.75) is 62.5 Å². The van der Waals surface area contributed by atoms with Crippen molar-refractivity contribution in [1.82, 2.24) is 4.90 Å². The van der Waals surface area contributed by atoms with Crippen molar-refractivity contribution < 1.29 is 14.3 Å². The second kappa shape index (κ2) is 6.52. The van der Waals surface area contributed by atoms with Crippen LogP contribution in [0.4, 0.5) is 5.69 Å². The van der Waals surface area contributed by atoms with Crippen molar-refractivity contribution in [1.29, 1.82) is 0 Å². The molecule has 4 aliphatic rings. The van der Waals surface area contributed by atoms with Gasteiger partial charge < -0.3 is 14.4 Å². The van der Waals surface area contributed by atoms with E-state index in [1.54, 1.807) is 7.11 Å². The highest BCUT2D eigenvalue weighted by molar-refractivity contribution is 14.1. The maximum atomic E-state index is 13.3. The number of morpholine rings is 1. The summed E-state index contributed by atoms with van der Waals surface area (Å²) in [5, 5.41) is 0. The highest BCUT2D eigenvalue weighted by Crippen LogP contribution is 2.62. The molecule has 1 amide bonds. The van der Waals surface area contributed by atoms with Crippen LogP contribution in [0, 0.1) is 0 Å². The largest absolute Gasteiger partial charge is 0.351 e. The fourth-order valence-electron chi connectivity index (χ4n) is 6.36. The average Bonchev–Trinajstić information content (AvgIpc) is 3.23. The number of likely N-dealkylation sites (tertiary alicyclic amines) is 1. The van der Waals surface area contributed by atoms with Gasteiger partial charge in [0.25, 0.3) is 5.91 Å². The molecule has 1 saturated carbocycles. The van der Waals surface area contributed by atoms with Crippen LogP contribution in [0.3, 0.4) is 0 Å². The molecule has 1 aromatic carbocycles. The maximum absolute atomic E-state index is 13.3. The van der Waals surface area contributed by atoms with Crippen LogP contribution in [0.1, 0.15) is 38.7 Å². The summed E-state index contributed by atoms with van der Waals surface area (Å²) in [5.41, 5.74) is 2.23. The predicted molar refractivity (Wildman–Crippen MR) is 117 cm³/mol. The number of rotatable bonds is 3. The van der Waals surface area contributed by atoms with E-state index in [2.05, 4.69) is 58.7 Å². The molecule has 1 aliphatic carbocycles. The van der Waals surface area contributed by atoms with Crippen LogP contribution in [0.2, 0.25) is 0 Å². The molecule has 150 valence electrons. The minimum Gasteiger partial charge on any atom is -0.351 e. The monoisotopic (exact) mass is 494 g/mol. The van der Waals surface area contributed by atoms with E-state index < -0.39 is 11.9 Å². The van der Waals surface area contributed by atoms with Gasteiger partial charge >= 0.3 is 0 Å². The number of allylic oxidation sites excluding steroid dienone is 1. The highest BCUT2D eigenvalue weighted by Gasteiger charge is 2.72. The van der Waals surface area contributed by atoms with E-state index >= 15 is 0 Å². The molecule has 5 nitrogen and oxygen atoms in total. The third-order valence-corrected chi connectivity index (χ3v) is 8.38. The Morgan fingerprint density at radius 2 is 2.18 bits per heavy atom. The number of carbonyl (C=O) groups excluding carboxylic acids is 1. The number of hydrogen-bond donors (Lipinski definition) is 0. The van der Waals surface area contributed by atoms with E-state index in [9.17, 15) is 4.79 Å². The number of fused-ring (bicyclic) bond motifs is 2. The van der Waals surface area contributed by atoms with E-state index in [-0.39, 0.29) is 17.4 Å². The van der Waals surface area contributed by atoms with E-state index in [1.807, 2.05) is 17.9 Å². The molecule has 28 heavy (non-hydrogen) atoms. The van der Waals surface area contributed by atoms with Crippen molar-refractivity contribution >= 4 is 34.2 Å². The normalized spacial score (nSPS) is 39.7. The lowest BCUT2D eigenvalue weighted by Crippen LogP contribution is -2.73. The van der Waals surface area contributed by atoms with Crippen molar-refractivity contribution in [3.8, 4) is 0 Å². The fraction of sp³-hybridized carbons (Fsp3) is 0.591. The number of hydrogen-bond acceptors (Lipinski definition) is 4. The smallest absolute Gasteiger partial charge is 0.256 e. The lowest BCUT2D eigenvalue weighted by atomic mass is 9.62. The van der Waals surface area contributed by atoms with Crippen LogP contribution < -0.4 is 4.90 Å². The summed E-state index contributed by atoms with van der Waals surface area (Å²) in [7, 11) is 1.74. The van der Waals surface area contributed by atoms with Crippen LogP contribution in [-0.2, 0) is 19.7 Å². The molecular formula is C22H27IN2O3. The van der Waals surface area contributed by atoms with Crippen LogP contribution in [0.15, 0.2) is 33.9 Å². The molecule has 0 radical (unpaired) electrons. The molecule has 0 N–H and O–H groups in total. The van der Waals surface area contributed by atoms with Crippen LogP contribution in [-0.4, -0.2) is 55.0 Å². The van der Waals surface area contributed by atoms with Gasteiger partial charge in [0.05, 0.1) is 0 Å². The van der Waals surface area contributed by atoms with Gasteiger partial charge in [-0.25, -0.2) is 0 Å². The Morgan fingerprint density at radius 3 is 2.93 bits per heavy atom. The summed E-state index contributed by atoms with van der Waals surface area (Å²) in [4.78, 5) is 17.9. The zero-order valence-electron chi connectivity index (χ0n) is 16.7. The second-order valence-corrected chi connectivity index (χ2v) is 9.84. The number of amides is 1. The molecule has 3 fully saturated rings. The number of methoxy groups -OCH3 is 1. The van der Waals surface area contributed by atoms with Crippen LogP contribution in [0.25, 0.3) is 0 Å². The first-order valence-corrected chi connectivity index (χ1v) is 11.3. The minimum atomic E-state index is -0.730. The summed E-state index contributed by atoms with van der Waals surface area (Å²) < 4.78 is 13.8. The summed E-state index contributed by atoms with van der Waals surface area (Å²) >= 11 is 2.44. The molecule has 5 rings (SSSR count). The average molecular weight is 494 g/mol. The maximum Gasteiger partial charge on any atom is 0.256 e. The van der Waals surface area contributed by atoms with Gasteiger partial charge in [0.1, 0.15) is 12.1 Å². The molecule has 0 unspecified atom stereocenters. The van der Waals surface area contributed by atoms with E-state index in [4.69, 9.17) is 9.47 Å². The van der Waals surface area contributed by atoms with E-state index in [0.29, 0.717) is 6.04 Å². The van der Waals surface area contributed by atoms with Gasteiger partial charge in [-0.3, -0.25) is 9.69 Å². The predicted octanol–water partition coefficient (Wildman–Crippen LogP) is 3.61. The molecule has 3 aliphatic heterocycles. The first-order valence-electron chi connectivity index (χ1n) is 10.2. The molecule has 2 saturated heterocycles.